The summed E-state index contributed by atoms with van der Waals surface area (Å²) in [7, 11) is 1.45. The van der Waals surface area contributed by atoms with Crippen LogP contribution in [0.3, 0.4) is 0 Å². The Morgan fingerprint density at radius 3 is 2.64 bits per heavy atom. The number of nitrogens with one attached hydrogen (secondary N) is 3. The summed E-state index contributed by atoms with van der Waals surface area (Å²) in [6.45, 7) is -0.0756. The van der Waals surface area contributed by atoms with Crippen LogP contribution < -0.4 is 20.7 Å². The maximum atomic E-state index is 12.9. The first kappa shape index (κ1) is 26.0. The Morgan fingerprint density at radius 1 is 1.07 bits per heavy atom. The molecule has 232 valence electrons. The van der Waals surface area contributed by atoms with Gasteiger partial charge >= 0.3 is 0 Å². The molecule has 4 aromatic rings. The summed E-state index contributed by atoms with van der Waals surface area (Å²) in [5.74, 6) is -0.443. The number of hydrogen-bond acceptors (Lipinski definition) is 12. The molecule has 2 aliphatic rings. The lowest BCUT2D eigenvalue weighted by Gasteiger charge is -2.33. The van der Waals surface area contributed by atoms with Gasteiger partial charge in [0.15, 0.2) is 23.1 Å². The second kappa shape index (κ2) is 13.1. The van der Waals surface area contributed by atoms with E-state index in [0.717, 1.165) is 12.8 Å². The minimum Gasteiger partial charge on any atom is -0.494 e. The van der Waals surface area contributed by atoms with Crippen LogP contribution in [0, 0.1) is 5.92 Å². The van der Waals surface area contributed by atoms with Gasteiger partial charge in [-0.05, 0) is 37.1 Å². The maximum Gasteiger partial charge on any atom is 0.273 e. The van der Waals surface area contributed by atoms with E-state index in [4.69, 9.17) is 13.4 Å². The SMILES string of the molecule is [2H]C([2H])([2H])NC(=O)c1nnc(NC(=O)C2CC2)cc1Nc1cccc(-c2nc(CN3CCN(C(=O)c4ccccn4)CC3)no2)c1OC. The molecule has 0 bridgehead atoms. The highest BCUT2D eigenvalue weighted by Crippen LogP contribution is 2.38. The molecule has 15 nitrogen and oxygen atoms in total. The van der Waals surface area contributed by atoms with Gasteiger partial charge in [-0.25, -0.2) is 0 Å². The molecule has 0 radical (unpaired) electrons. The smallest absolute Gasteiger partial charge is 0.273 e. The minimum atomic E-state index is -2.77. The van der Waals surface area contributed by atoms with Crippen molar-refractivity contribution in [2.24, 2.45) is 5.92 Å². The number of methoxy groups -OCH3 is 1. The Hall–Kier alpha value is -5.44. The van der Waals surface area contributed by atoms with Crippen molar-refractivity contribution in [3.05, 3.63) is 65.9 Å². The highest BCUT2D eigenvalue weighted by atomic mass is 16.5. The predicted octanol–water partition coefficient (Wildman–Crippen LogP) is 2.34. The van der Waals surface area contributed by atoms with E-state index >= 15 is 0 Å². The zero-order valence-corrected chi connectivity index (χ0v) is 24.3. The Bertz CT molecular complexity index is 1810. The van der Waals surface area contributed by atoms with Gasteiger partial charge in [-0.1, -0.05) is 17.3 Å². The number of para-hydroxylation sites is 1. The Balaban J connectivity index is 1.18. The molecule has 6 rings (SSSR count). The lowest BCUT2D eigenvalue weighted by molar-refractivity contribution is -0.117. The molecule has 0 spiro atoms. The Labute approximate surface area is 262 Å². The zero-order chi connectivity index (χ0) is 33.8. The van der Waals surface area contributed by atoms with Gasteiger partial charge in [0.2, 0.25) is 5.91 Å². The monoisotopic (exact) mass is 615 g/mol. The molecule has 1 aliphatic carbocycles. The number of amides is 3. The van der Waals surface area contributed by atoms with Gasteiger partial charge in [0.05, 0.1) is 30.6 Å². The summed E-state index contributed by atoms with van der Waals surface area (Å²) in [4.78, 5) is 50.6. The lowest BCUT2D eigenvalue weighted by Crippen LogP contribution is -2.48. The van der Waals surface area contributed by atoms with Gasteiger partial charge in [-0.15, -0.1) is 10.2 Å². The van der Waals surface area contributed by atoms with E-state index in [9.17, 15) is 14.4 Å². The standard InChI is InChI=1S/C30H32N10O5/c1-31-28(42)25-22(16-23(36-37-25)34-27(41)18-9-10-18)33-20-8-5-6-19(26(20)44-2)29-35-24(38-45-29)17-39-12-14-40(15-13-39)30(43)21-7-3-4-11-32-21/h3-8,11,16,18H,9-10,12-15,17H2,1-2H3,(H,31,42)(H2,33,34,36,41)/i1D3. The summed E-state index contributed by atoms with van der Waals surface area (Å²) in [6, 6.07) is 11.7. The number of aromatic nitrogens is 5. The largest absolute Gasteiger partial charge is 0.494 e. The number of nitrogens with zero attached hydrogens (tertiary/aromatic N) is 7. The van der Waals surface area contributed by atoms with Crippen molar-refractivity contribution < 1.29 is 27.8 Å². The van der Waals surface area contributed by atoms with E-state index in [1.54, 1.807) is 47.5 Å². The van der Waals surface area contributed by atoms with Crippen LogP contribution in [0.25, 0.3) is 11.5 Å². The first-order valence-corrected chi connectivity index (χ1v) is 14.3. The van der Waals surface area contributed by atoms with Crippen LogP contribution in [0.15, 0.2) is 53.2 Å². The number of benzene rings is 1. The van der Waals surface area contributed by atoms with Crippen LogP contribution in [0.4, 0.5) is 17.2 Å². The van der Waals surface area contributed by atoms with Crippen LogP contribution >= 0.6 is 0 Å². The molecule has 1 saturated heterocycles. The van der Waals surface area contributed by atoms with Crippen LogP contribution in [-0.4, -0.2) is 93.1 Å². The molecule has 1 aliphatic heterocycles. The summed E-state index contributed by atoms with van der Waals surface area (Å²) >= 11 is 0. The Kier molecular flexibility index (Phi) is 7.54. The number of ether oxygens (including phenoxy) is 1. The zero-order valence-electron chi connectivity index (χ0n) is 27.3. The topological polar surface area (TPSA) is 181 Å². The fourth-order valence-corrected chi connectivity index (χ4v) is 4.91. The molecule has 1 saturated carbocycles. The lowest BCUT2D eigenvalue weighted by atomic mass is 10.1. The van der Waals surface area contributed by atoms with Crippen molar-refractivity contribution in [2.75, 3.05) is 50.9 Å². The average molecular weight is 616 g/mol. The molecule has 3 N–H and O–H groups in total. The molecule has 2 fully saturated rings. The molecule has 0 unspecified atom stereocenters. The van der Waals surface area contributed by atoms with Crippen LogP contribution in [0.1, 0.15) is 43.8 Å². The fraction of sp³-hybridized carbons (Fsp3) is 0.333. The van der Waals surface area contributed by atoms with Crippen molar-refractivity contribution in [1.82, 2.24) is 40.4 Å². The molecule has 3 aromatic heterocycles. The highest BCUT2D eigenvalue weighted by molar-refractivity contribution is 6.00. The van der Waals surface area contributed by atoms with Crippen LogP contribution in [0.5, 0.6) is 5.75 Å². The second-order valence-corrected chi connectivity index (χ2v) is 10.5. The van der Waals surface area contributed by atoms with Crippen molar-refractivity contribution in [2.45, 2.75) is 19.4 Å². The van der Waals surface area contributed by atoms with E-state index < -0.39 is 12.9 Å². The Morgan fingerprint density at radius 2 is 1.91 bits per heavy atom. The van der Waals surface area contributed by atoms with Gasteiger partial charge in [0.1, 0.15) is 5.69 Å². The van der Waals surface area contributed by atoms with Gasteiger partial charge < -0.3 is 30.1 Å². The summed E-state index contributed by atoms with van der Waals surface area (Å²) in [5, 5.41) is 19.6. The number of carbonyl (C=O) groups is 3. The summed E-state index contributed by atoms with van der Waals surface area (Å²) < 4.78 is 33.6. The minimum absolute atomic E-state index is 0.0696. The quantitative estimate of drug-likeness (QED) is 0.237. The summed E-state index contributed by atoms with van der Waals surface area (Å²) in [5.41, 5.74) is 0.976. The second-order valence-electron chi connectivity index (χ2n) is 10.5. The fourth-order valence-electron chi connectivity index (χ4n) is 4.91. The van der Waals surface area contributed by atoms with Gasteiger partial charge in [0.25, 0.3) is 17.7 Å². The van der Waals surface area contributed by atoms with Crippen molar-refractivity contribution in [1.29, 1.82) is 0 Å². The molecule has 4 heterocycles. The van der Waals surface area contributed by atoms with Crippen LogP contribution in [-0.2, 0) is 11.3 Å². The molecule has 0 atom stereocenters. The number of carbonyl (C=O) groups excluding carboxylic acids is 3. The third-order valence-electron chi connectivity index (χ3n) is 7.42. The molecular weight excluding hydrogens is 580 g/mol. The van der Waals surface area contributed by atoms with E-state index in [1.165, 1.54) is 13.2 Å². The first-order chi connectivity index (χ1) is 23.1. The maximum absolute atomic E-state index is 12.9. The molecule has 45 heavy (non-hydrogen) atoms. The molecule has 1 aromatic carbocycles. The highest BCUT2D eigenvalue weighted by Gasteiger charge is 2.30. The van der Waals surface area contributed by atoms with E-state index in [0.29, 0.717) is 55.5 Å². The van der Waals surface area contributed by atoms with Gasteiger partial charge in [-0.2, -0.15) is 4.98 Å². The number of piperazine rings is 1. The number of rotatable bonds is 10. The van der Waals surface area contributed by atoms with E-state index in [1.807, 2.05) is 5.32 Å². The average Bonchev–Trinajstić information content (AvgIpc) is 3.83. The van der Waals surface area contributed by atoms with Crippen LogP contribution in [0.2, 0.25) is 0 Å². The van der Waals surface area contributed by atoms with Gasteiger partial charge in [-0.3, -0.25) is 24.3 Å². The van der Waals surface area contributed by atoms with Crippen molar-refractivity contribution in [3.63, 3.8) is 0 Å². The molecular formula is C30H32N10O5. The number of hydrogen-bond donors (Lipinski definition) is 3. The first-order valence-electron chi connectivity index (χ1n) is 15.8. The number of pyridine rings is 1. The summed E-state index contributed by atoms with van der Waals surface area (Å²) in [6.07, 6.45) is 3.14. The van der Waals surface area contributed by atoms with Crippen molar-refractivity contribution >= 4 is 34.9 Å². The number of anilines is 3. The predicted molar refractivity (Wildman–Crippen MR) is 162 cm³/mol. The third-order valence-corrected chi connectivity index (χ3v) is 7.42. The molecule has 3 amide bonds. The van der Waals surface area contributed by atoms with E-state index in [-0.39, 0.29) is 46.6 Å². The van der Waals surface area contributed by atoms with Crippen molar-refractivity contribution in [3.8, 4) is 17.2 Å². The molecule has 15 heteroatoms. The normalized spacial score (nSPS) is 16.2. The van der Waals surface area contributed by atoms with E-state index in [2.05, 4.69) is 40.9 Å². The van der Waals surface area contributed by atoms with Gasteiger partial charge in [0, 0.05) is 55.4 Å². The third kappa shape index (κ3) is 6.72.